The summed E-state index contributed by atoms with van der Waals surface area (Å²) in [7, 11) is 0.0383. The highest BCUT2D eigenvalue weighted by Crippen LogP contribution is 2.12. The van der Waals surface area contributed by atoms with E-state index >= 15 is 0 Å². The molecule has 0 aliphatic heterocycles. The third-order valence-electron chi connectivity index (χ3n) is 1.52. The molecule has 0 aromatic heterocycles. The summed E-state index contributed by atoms with van der Waals surface area (Å²) in [5.74, 6) is 0.0478. The molecule has 0 amide bonds. The van der Waals surface area contributed by atoms with Crippen molar-refractivity contribution < 1.29 is 9.53 Å². The van der Waals surface area contributed by atoms with Crippen LogP contribution in [-0.4, -0.2) is 27.6 Å². The molecule has 0 aromatic carbocycles. The molecule has 0 saturated heterocycles. The van der Waals surface area contributed by atoms with Crippen LogP contribution in [0.2, 0.25) is 19.6 Å². The third kappa shape index (κ3) is 3.48. The van der Waals surface area contributed by atoms with E-state index in [-0.39, 0.29) is 12.4 Å². The summed E-state index contributed by atoms with van der Waals surface area (Å²) in [6, 6.07) is 0. The predicted molar refractivity (Wildman–Crippen MR) is 49.4 cm³/mol. The van der Waals surface area contributed by atoms with Gasteiger partial charge in [0.15, 0.2) is 5.78 Å². The number of ether oxygens (including phenoxy) is 1. The van der Waals surface area contributed by atoms with Crippen molar-refractivity contribution in [1.29, 1.82) is 0 Å². The van der Waals surface area contributed by atoms with E-state index in [4.69, 9.17) is 4.74 Å². The molecule has 0 unspecified atom stereocenters. The minimum absolute atomic E-state index is 0.0478. The summed E-state index contributed by atoms with van der Waals surface area (Å²) in [5.41, 5.74) is 0. The number of Topliss-reactive ketones (excluding diaryl/α,β-unsaturated/α-hetero) is 1. The van der Waals surface area contributed by atoms with Gasteiger partial charge in [0.25, 0.3) is 0 Å². The summed E-state index contributed by atoms with van der Waals surface area (Å²) in [6.07, 6.45) is 0. The number of methoxy groups -OCH3 is 1. The molecule has 0 atom stereocenters. The zero-order chi connectivity index (χ0) is 9.07. The Morgan fingerprint density at radius 1 is 1.45 bits per heavy atom. The Bertz CT molecular complexity index is 167. The van der Waals surface area contributed by atoms with E-state index in [0.717, 1.165) is 5.20 Å². The van der Waals surface area contributed by atoms with Gasteiger partial charge >= 0.3 is 0 Å². The van der Waals surface area contributed by atoms with Gasteiger partial charge in [0.1, 0.15) is 6.61 Å². The van der Waals surface area contributed by atoms with Crippen LogP contribution in [-0.2, 0) is 9.53 Å². The molecule has 0 saturated carbocycles. The first-order valence-corrected chi connectivity index (χ1v) is 7.11. The maximum Gasteiger partial charge on any atom is 0.179 e. The molecule has 2 nitrogen and oxygen atoms in total. The first kappa shape index (κ1) is 10.6. The van der Waals surface area contributed by atoms with Gasteiger partial charge in [-0.1, -0.05) is 26.2 Å². The highest BCUT2D eigenvalue weighted by atomic mass is 28.3. The molecule has 11 heavy (non-hydrogen) atoms. The van der Waals surface area contributed by atoms with Gasteiger partial charge in [-0.3, -0.25) is 4.79 Å². The van der Waals surface area contributed by atoms with E-state index < -0.39 is 8.07 Å². The van der Waals surface area contributed by atoms with Crippen molar-refractivity contribution in [3.8, 4) is 0 Å². The minimum atomic E-state index is -1.48. The first-order valence-electron chi connectivity index (χ1n) is 3.61. The number of hydrogen-bond acceptors (Lipinski definition) is 2. The molecule has 0 N–H and O–H groups in total. The average molecular weight is 172 g/mol. The normalized spacial score (nSPS) is 11.3. The van der Waals surface area contributed by atoms with E-state index in [1.54, 1.807) is 0 Å². The molecule has 0 heterocycles. The molecule has 0 aliphatic carbocycles. The Morgan fingerprint density at radius 2 is 1.91 bits per heavy atom. The van der Waals surface area contributed by atoms with Crippen molar-refractivity contribution in [2.45, 2.75) is 19.6 Å². The molecule has 0 aromatic rings. The second-order valence-electron chi connectivity index (χ2n) is 3.58. The van der Waals surface area contributed by atoms with Gasteiger partial charge in [-0.05, 0) is 5.20 Å². The molecular formula is C8H16O2Si. The summed E-state index contributed by atoms with van der Waals surface area (Å²) >= 11 is 0. The second-order valence-corrected chi connectivity index (χ2v) is 8.69. The second kappa shape index (κ2) is 3.83. The van der Waals surface area contributed by atoms with Crippen molar-refractivity contribution >= 4 is 13.9 Å². The van der Waals surface area contributed by atoms with E-state index in [9.17, 15) is 4.79 Å². The van der Waals surface area contributed by atoms with Crippen LogP contribution in [0.1, 0.15) is 0 Å². The highest BCUT2D eigenvalue weighted by molar-refractivity contribution is 6.87. The largest absolute Gasteiger partial charge is 0.377 e. The van der Waals surface area contributed by atoms with Gasteiger partial charge in [0, 0.05) is 7.11 Å². The van der Waals surface area contributed by atoms with Gasteiger partial charge in [-0.15, -0.1) is 0 Å². The van der Waals surface area contributed by atoms with E-state index in [0.29, 0.717) is 0 Å². The average Bonchev–Trinajstić information content (AvgIpc) is 1.85. The zero-order valence-corrected chi connectivity index (χ0v) is 8.73. The van der Waals surface area contributed by atoms with Gasteiger partial charge in [-0.25, -0.2) is 0 Å². The van der Waals surface area contributed by atoms with Crippen LogP contribution in [0.5, 0.6) is 0 Å². The van der Waals surface area contributed by atoms with E-state index in [1.165, 1.54) is 7.11 Å². The molecule has 0 spiro atoms. The van der Waals surface area contributed by atoms with Crippen LogP contribution in [0, 0.1) is 0 Å². The van der Waals surface area contributed by atoms with Crippen LogP contribution in [0.3, 0.4) is 0 Å². The molecule has 64 valence electrons. The molecule has 0 fully saturated rings. The molecule has 0 bridgehead atoms. The predicted octanol–water partition coefficient (Wildman–Crippen LogP) is 1.64. The van der Waals surface area contributed by atoms with E-state index in [1.807, 2.05) is 0 Å². The lowest BCUT2D eigenvalue weighted by atomic mass is 10.4. The Hall–Kier alpha value is -0.413. The molecular weight excluding hydrogens is 156 g/mol. The lowest BCUT2D eigenvalue weighted by molar-refractivity contribution is -0.118. The molecule has 3 heteroatoms. The van der Waals surface area contributed by atoms with E-state index in [2.05, 4.69) is 26.2 Å². The Morgan fingerprint density at radius 3 is 2.18 bits per heavy atom. The molecule has 0 rings (SSSR count). The highest BCUT2D eigenvalue weighted by Gasteiger charge is 2.22. The fraction of sp³-hybridized carbons (Fsp3) is 0.625. The molecule has 0 radical (unpaired) electrons. The molecule has 0 aliphatic rings. The zero-order valence-electron chi connectivity index (χ0n) is 7.73. The van der Waals surface area contributed by atoms with Crippen molar-refractivity contribution in [1.82, 2.24) is 0 Å². The van der Waals surface area contributed by atoms with Crippen LogP contribution in [0.25, 0.3) is 0 Å². The van der Waals surface area contributed by atoms with Crippen molar-refractivity contribution in [2.75, 3.05) is 13.7 Å². The number of carbonyl (C=O) groups excluding carboxylic acids is 1. The van der Waals surface area contributed by atoms with Crippen LogP contribution >= 0.6 is 0 Å². The fourth-order valence-electron chi connectivity index (χ4n) is 0.636. The van der Waals surface area contributed by atoms with Gasteiger partial charge < -0.3 is 4.74 Å². The smallest absolute Gasteiger partial charge is 0.179 e. The lowest BCUT2D eigenvalue weighted by Crippen LogP contribution is -2.30. The lowest BCUT2D eigenvalue weighted by Gasteiger charge is -2.17. The van der Waals surface area contributed by atoms with Gasteiger partial charge in [0.05, 0.1) is 8.07 Å². The third-order valence-corrected chi connectivity index (χ3v) is 3.61. The maximum absolute atomic E-state index is 11.2. The quantitative estimate of drug-likeness (QED) is 0.476. The van der Waals surface area contributed by atoms with Crippen LogP contribution < -0.4 is 0 Å². The minimum Gasteiger partial charge on any atom is -0.377 e. The van der Waals surface area contributed by atoms with Gasteiger partial charge in [0.2, 0.25) is 0 Å². The van der Waals surface area contributed by atoms with Crippen LogP contribution in [0.4, 0.5) is 0 Å². The van der Waals surface area contributed by atoms with Crippen molar-refractivity contribution in [3.63, 3.8) is 0 Å². The summed E-state index contributed by atoms with van der Waals surface area (Å²) < 4.78 is 4.73. The summed E-state index contributed by atoms with van der Waals surface area (Å²) in [6.45, 7) is 10.2. The van der Waals surface area contributed by atoms with Gasteiger partial charge in [-0.2, -0.15) is 0 Å². The summed E-state index contributed by atoms with van der Waals surface area (Å²) in [5, 5.41) is 0.763. The number of ketones is 1. The number of rotatable bonds is 4. The first-order chi connectivity index (χ1) is 4.89. The van der Waals surface area contributed by atoms with Crippen molar-refractivity contribution in [3.05, 3.63) is 11.8 Å². The number of carbonyl (C=O) groups is 1. The maximum atomic E-state index is 11.2. The Labute approximate surface area is 69.3 Å². The summed E-state index contributed by atoms with van der Waals surface area (Å²) in [4.78, 5) is 11.2. The Balaban J connectivity index is 4.15. The fourth-order valence-corrected chi connectivity index (χ4v) is 1.55. The SMILES string of the molecule is C=C(C(=O)COC)[Si](C)(C)C. The monoisotopic (exact) mass is 172 g/mol. The standard InChI is InChI=1S/C8H16O2Si/c1-7(11(3,4)5)8(9)6-10-2/h1,6H2,2-5H3. The van der Waals surface area contributed by atoms with Crippen molar-refractivity contribution in [2.24, 2.45) is 0 Å². The van der Waals surface area contributed by atoms with Crippen LogP contribution in [0.15, 0.2) is 11.8 Å². The number of hydrogen-bond donors (Lipinski definition) is 0. The topological polar surface area (TPSA) is 26.3 Å². The Kier molecular flexibility index (Phi) is 3.69.